The zero-order valence-corrected chi connectivity index (χ0v) is 16.8. The quantitative estimate of drug-likeness (QED) is 0.0863. The summed E-state index contributed by atoms with van der Waals surface area (Å²) in [5.74, 6) is -1.46. The van der Waals surface area contributed by atoms with Crippen LogP contribution in [0.5, 0.6) is 0 Å². The standard InChI is InChI=1S/C11H26N2O13P2/c1-2-21-5-9(26-28(19,20)23-4-8(12)3-22-16)6-24-27(17,18)25-7-10(13)11(14)15/h8-10,16H,2-7,12-13H2,1H3,(H,14,15)(H,17,18)(H,19,20). The van der Waals surface area contributed by atoms with E-state index in [0.29, 0.717) is 0 Å². The summed E-state index contributed by atoms with van der Waals surface area (Å²) >= 11 is 0. The van der Waals surface area contributed by atoms with E-state index in [9.17, 15) is 23.7 Å². The summed E-state index contributed by atoms with van der Waals surface area (Å²) in [6.07, 6.45) is -1.33. The molecule has 8 N–H and O–H groups in total. The van der Waals surface area contributed by atoms with Crippen molar-refractivity contribution < 1.29 is 61.8 Å². The van der Waals surface area contributed by atoms with E-state index < -0.39 is 59.6 Å². The first-order valence-corrected chi connectivity index (χ1v) is 10.8. The average Bonchev–Trinajstić information content (AvgIpc) is 2.60. The largest absolute Gasteiger partial charge is 0.480 e. The molecule has 0 bridgehead atoms. The maximum atomic E-state index is 11.9. The van der Waals surface area contributed by atoms with Crippen molar-refractivity contribution in [2.45, 2.75) is 25.1 Å². The van der Waals surface area contributed by atoms with Crippen LogP contribution in [0.25, 0.3) is 0 Å². The van der Waals surface area contributed by atoms with Crippen molar-refractivity contribution in [2.24, 2.45) is 11.5 Å². The minimum absolute atomic E-state index is 0.190. The fourth-order valence-corrected chi connectivity index (χ4v) is 3.09. The highest BCUT2D eigenvalue weighted by Crippen LogP contribution is 2.47. The predicted octanol–water partition coefficient (Wildman–Crippen LogP) is -1.11. The molecule has 0 aromatic carbocycles. The Labute approximate surface area is 160 Å². The van der Waals surface area contributed by atoms with Crippen molar-refractivity contribution >= 4 is 21.6 Å². The second kappa shape index (κ2) is 13.7. The van der Waals surface area contributed by atoms with Crippen LogP contribution in [0.15, 0.2) is 0 Å². The van der Waals surface area contributed by atoms with Crippen molar-refractivity contribution in [3.63, 3.8) is 0 Å². The van der Waals surface area contributed by atoms with E-state index in [1.807, 2.05) is 0 Å². The second-order valence-electron chi connectivity index (χ2n) is 5.21. The van der Waals surface area contributed by atoms with Gasteiger partial charge in [-0.05, 0) is 6.92 Å². The molecule has 0 heterocycles. The van der Waals surface area contributed by atoms with E-state index in [4.69, 9.17) is 31.1 Å². The minimum Gasteiger partial charge on any atom is -0.480 e. The van der Waals surface area contributed by atoms with Crippen LogP contribution in [0.4, 0.5) is 0 Å². The van der Waals surface area contributed by atoms with Crippen LogP contribution in [0.3, 0.4) is 0 Å². The van der Waals surface area contributed by atoms with E-state index in [0.717, 1.165) is 0 Å². The maximum absolute atomic E-state index is 11.9. The second-order valence-corrected chi connectivity index (χ2v) is 8.07. The molecule has 0 aliphatic carbocycles. The van der Waals surface area contributed by atoms with Gasteiger partial charge in [-0.2, -0.15) is 0 Å². The third-order valence-electron chi connectivity index (χ3n) is 2.69. The number of nitrogens with two attached hydrogens (primary N) is 2. The molecule has 0 saturated carbocycles. The van der Waals surface area contributed by atoms with Crippen LogP contribution in [0.2, 0.25) is 0 Å². The van der Waals surface area contributed by atoms with E-state index in [1.165, 1.54) is 0 Å². The minimum atomic E-state index is -4.73. The lowest BCUT2D eigenvalue weighted by atomic mass is 10.3. The number of carboxylic acids is 1. The van der Waals surface area contributed by atoms with Gasteiger partial charge in [0, 0.05) is 6.61 Å². The molecule has 168 valence electrons. The van der Waals surface area contributed by atoms with Crippen molar-refractivity contribution in [3.8, 4) is 0 Å². The van der Waals surface area contributed by atoms with E-state index in [-0.39, 0.29) is 19.8 Å². The van der Waals surface area contributed by atoms with Gasteiger partial charge in [0.25, 0.3) is 0 Å². The molecule has 0 spiro atoms. The third kappa shape index (κ3) is 13.6. The fraction of sp³-hybridized carbons (Fsp3) is 0.909. The van der Waals surface area contributed by atoms with Gasteiger partial charge in [-0.1, -0.05) is 0 Å². The molecule has 0 rings (SSSR count). The molecular weight excluding hydrogens is 430 g/mol. The topological polar surface area (TPSA) is 240 Å². The fourth-order valence-electron chi connectivity index (χ4n) is 1.37. The number of rotatable bonds is 17. The molecular formula is C11H26N2O13P2. The molecule has 17 heteroatoms. The van der Waals surface area contributed by atoms with Crippen LogP contribution in [0.1, 0.15) is 6.92 Å². The summed E-state index contributed by atoms with van der Waals surface area (Å²) in [5.41, 5.74) is 10.5. The summed E-state index contributed by atoms with van der Waals surface area (Å²) in [6, 6.07) is -2.49. The predicted molar refractivity (Wildman–Crippen MR) is 91.0 cm³/mol. The summed E-state index contributed by atoms with van der Waals surface area (Å²) in [4.78, 5) is 33.5. The Morgan fingerprint density at radius 3 is 2.07 bits per heavy atom. The molecule has 0 radical (unpaired) electrons. The summed E-state index contributed by atoms with van der Waals surface area (Å²) in [6.45, 7) is -0.933. The number of hydrogen-bond donors (Lipinski definition) is 6. The zero-order valence-electron chi connectivity index (χ0n) is 15.0. The van der Waals surface area contributed by atoms with Gasteiger partial charge < -0.3 is 31.1 Å². The first-order valence-electron chi connectivity index (χ1n) is 7.78. The van der Waals surface area contributed by atoms with E-state index >= 15 is 0 Å². The Bertz CT molecular complexity index is 551. The Hall–Kier alpha value is -0.510. The molecule has 0 aliphatic rings. The van der Waals surface area contributed by atoms with Crippen LogP contribution in [-0.4, -0.2) is 83.9 Å². The lowest BCUT2D eigenvalue weighted by Crippen LogP contribution is -2.34. The Balaban J connectivity index is 4.69. The number of phosphoric acid groups is 2. The zero-order chi connectivity index (χ0) is 21.8. The van der Waals surface area contributed by atoms with Gasteiger partial charge in [0.1, 0.15) is 12.1 Å². The van der Waals surface area contributed by atoms with Gasteiger partial charge in [0.15, 0.2) is 0 Å². The highest BCUT2D eigenvalue weighted by atomic mass is 31.2. The molecule has 5 atom stereocenters. The highest BCUT2D eigenvalue weighted by Gasteiger charge is 2.31. The Morgan fingerprint density at radius 1 is 0.964 bits per heavy atom. The number of carboxylic acid groups (broad SMARTS) is 1. The molecule has 0 amide bonds. The van der Waals surface area contributed by atoms with Crippen LogP contribution < -0.4 is 11.5 Å². The number of aliphatic carboxylic acids is 1. The molecule has 5 unspecified atom stereocenters. The number of carbonyl (C=O) groups is 1. The van der Waals surface area contributed by atoms with E-state index in [2.05, 4.69) is 18.5 Å². The van der Waals surface area contributed by atoms with Gasteiger partial charge in [-0.3, -0.25) is 28.1 Å². The third-order valence-corrected chi connectivity index (χ3v) is 4.68. The Morgan fingerprint density at radius 2 is 1.54 bits per heavy atom. The first kappa shape index (κ1) is 27.5. The van der Waals surface area contributed by atoms with Gasteiger partial charge in [-0.25, -0.2) is 14.0 Å². The van der Waals surface area contributed by atoms with Crippen LogP contribution in [-0.2, 0) is 41.6 Å². The molecule has 0 aromatic heterocycles. The van der Waals surface area contributed by atoms with Gasteiger partial charge >= 0.3 is 21.6 Å². The van der Waals surface area contributed by atoms with Crippen molar-refractivity contribution in [2.75, 3.05) is 39.6 Å². The summed E-state index contributed by atoms with van der Waals surface area (Å²) in [5, 5.41) is 16.8. The number of hydrogen-bond acceptors (Lipinski definition) is 12. The first-order chi connectivity index (χ1) is 12.9. The smallest absolute Gasteiger partial charge is 0.472 e. The monoisotopic (exact) mass is 456 g/mol. The average molecular weight is 456 g/mol. The van der Waals surface area contributed by atoms with Gasteiger partial charge in [0.2, 0.25) is 0 Å². The van der Waals surface area contributed by atoms with Crippen LogP contribution in [0, 0.1) is 0 Å². The maximum Gasteiger partial charge on any atom is 0.472 e. The summed E-state index contributed by atoms with van der Waals surface area (Å²) in [7, 11) is -9.41. The lowest BCUT2D eigenvalue weighted by molar-refractivity contribution is -0.246. The number of phosphoric ester groups is 2. The molecule has 0 fully saturated rings. The van der Waals surface area contributed by atoms with Crippen LogP contribution >= 0.6 is 15.6 Å². The Kier molecular flexibility index (Phi) is 13.4. The molecule has 28 heavy (non-hydrogen) atoms. The SMILES string of the molecule is CCOCC(COP(=O)(O)OCC(N)C(=O)O)OP(=O)(O)OCC(N)COO. The number of ether oxygens (including phenoxy) is 1. The lowest BCUT2D eigenvalue weighted by Gasteiger charge is -2.22. The van der Waals surface area contributed by atoms with Crippen molar-refractivity contribution in [3.05, 3.63) is 0 Å². The molecule has 15 nitrogen and oxygen atoms in total. The molecule has 0 saturated heterocycles. The van der Waals surface area contributed by atoms with Crippen molar-refractivity contribution in [1.82, 2.24) is 0 Å². The highest BCUT2D eigenvalue weighted by molar-refractivity contribution is 7.47. The van der Waals surface area contributed by atoms with E-state index in [1.54, 1.807) is 6.92 Å². The molecule has 0 aromatic rings. The normalized spacial score (nSPS) is 19.4. The van der Waals surface area contributed by atoms with Gasteiger partial charge in [0.05, 0.1) is 39.1 Å². The van der Waals surface area contributed by atoms with Gasteiger partial charge in [-0.15, -0.1) is 0 Å². The van der Waals surface area contributed by atoms with Crippen molar-refractivity contribution in [1.29, 1.82) is 0 Å². The summed E-state index contributed by atoms with van der Waals surface area (Å²) < 4.78 is 47.1. The molecule has 0 aliphatic heterocycles.